The van der Waals surface area contributed by atoms with Crippen LogP contribution in [-0.2, 0) is 12.8 Å². The number of carbonyl (C=O) groups is 1. The van der Waals surface area contributed by atoms with Crippen molar-refractivity contribution in [3.8, 4) is 5.75 Å². The lowest BCUT2D eigenvalue weighted by atomic mass is 10.1. The third-order valence-electron chi connectivity index (χ3n) is 4.39. The summed E-state index contributed by atoms with van der Waals surface area (Å²) < 4.78 is 5.16. The molecule has 0 aliphatic rings. The molecule has 0 aliphatic carbocycles. The second-order valence-corrected chi connectivity index (χ2v) is 6.26. The van der Waals surface area contributed by atoms with Gasteiger partial charge in [-0.2, -0.15) is 0 Å². The van der Waals surface area contributed by atoms with Crippen LogP contribution in [-0.4, -0.2) is 29.5 Å². The van der Waals surface area contributed by atoms with Crippen molar-refractivity contribution in [2.45, 2.75) is 19.8 Å². The zero-order valence-electron chi connectivity index (χ0n) is 16.1. The molecule has 2 aromatic carbocycles. The number of hydrogen-bond acceptors (Lipinski definition) is 5. The first-order valence-electron chi connectivity index (χ1n) is 9.28. The molecule has 6 nitrogen and oxygen atoms in total. The lowest BCUT2D eigenvalue weighted by Crippen LogP contribution is -2.16. The molecule has 144 valence electrons. The number of nitrogens with zero attached hydrogens (tertiary/aromatic N) is 2. The number of methoxy groups -OCH3 is 1. The number of carbonyl (C=O) groups excluding carboxylic acids is 1. The Balaban J connectivity index is 1.59. The maximum absolute atomic E-state index is 12.5. The van der Waals surface area contributed by atoms with Crippen LogP contribution in [0.2, 0.25) is 0 Å². The van der Waals surface area contributed by atoms with E-state index in [1.807, 2.05) is 48.5 Å². The number of para-hydroxylation sites is 1. The molecule has 1 heterocycles. The van der Waals surface area contributed by atoms with E-state index in [0.29, 0.717) is 18.2 Å². The molecule has 0 atom stereocenters. The van der Waals surface area contributed by atoms with Gasteiger partial charge in [0.15, 0.2) is 0 Å². The highest BCUT2D eigenvalue weighted by molar-refractivity contribution is 6.03. The summed E-state index contributed by atoms with van der Waals surface area (Å²) in [6.07, 6.45) is 3.25. The number of nitrogens with one attached hydrogen (secondary N) is 2. The summed E-state index contributed by atoms with van der Waals surface area (Å²) in [4.78, 5) is 21.1. The second kappa shape index (κ2) is 9.50. The molecule has 3 rings (SSSR count). The molecule has 2 N–H and O–H groups in total. The number of aryl methyl sites for hydroxylation is 1. The van der Waals surface area contributed by atoms with E-state index in [1.165, 1.54) is 5.56 Å². The SMILES string of the molecule is CCc1ccccc1NC(=O)c1ccnc(NCCc2ccc(OC)cc2)n1. The maximum Gasteiger partial charge on any atom is 0.274 e. The number of rotatable bonds is 8. The van der Waals surface area contributed by atoms with Crippen molar-refractivity contribution >= 4 is 17.5 Å². The van der Waals surface area contributed by atoms with E-state index in [0.717, 1.165) is 29.8 Å². The minimum absolute atomic E-state index is 0.249. The molecule has 1 aromatic heterocycles. The van der Waals surface area contributed by atoms with E-state index >= 15 is 0 Å². The van der Waals surface area contributed by atoms with E-state index < -0.39 is 0 Å². The van der Waals surface area contributed by atoms with Gasteiger partial charge in [0, 0.05) is 18.4 Å². The fraction of sp³-hybridized carbons (Fsp3) is 0.227. The molecule has 0 aliphatic heterocycles. The molecule has 1 amide bonds. The number of amides is 1. The molecule has 28 heavy (non-hydrogen) atoms. The maximum atomic E-state index is 12.5. The predicted octanol–water partition coefficient (Wildman–Crippen LogP) is 3.95. The van der Waals surface area contributed by atoms with E-state index in [1.54, 1.807) is 19.4 Å². The summed E-state index contributed by atoms with van der Waals surface area (Å²) in [5.41, 5.74) is 3.40. The molecule has 0 unspecified atom stereocenters. The molecule has 6 heteroatoms. The van der Waals surface area contributed by atoms with Gasteiger partial charge in [0.25, 0.3) is 5.91 Å². The quantitative estimate of drug-likeness (QED) is 0.622. The summed E-state index contributed by atoms with van der Waals surface area (Å²) in [7, 11) is 1.65. The van der Waals surface area contributed by atoms with Crippen LogP contribution in [0.3, 0.4) is 0 Å². The molecule has 0 saturated carbocycles. The lowest BCUT2D eigenvalue weighted by Gasteiger charge is -2.10. The van der Waals surface area contributed by atoms with Crippen LogP contribution in [0.1, 0.15) is 28.5 Å². The molecule has 3 aromatic rings. The number of hydrogen-bond donors (Lipinski definition) is 2. The van der Waals surface area contributed by atoms with E-state index in [4.69, 9.17) is 4.74 Å². The summed E-state index contributed by atoms with van der Waals surface area (Å²) in [6.45, 7) is 2.72. The number of ether oxygens (including phenoxy) is 1. The van der Waals surface area contributed by atoms with Crippen molar-refractivity contribution in [1.29, 1.82) is 0 Å². The Labute approximate surface area is 165 Å². The van der Waals surface area contributed by atoms with Crippen molar-refractivity contribution in [3.05, 3.63) is 77.6 Å². The standard InChI is InChI=1S/C22H24N4O2/c1-3-17-6-4-5-7-19(17)25-21(27)20-13-15-24-22(26-20)23-14-12-16-8-10-18(28-2)11-9-16/h4-11,13,15H,3,12,14H2,1-2H3,(H,25,27)(H,23,24,26). The van der Waals surface area contributed by atoms with Gasteiger partial charge in [0.2, 0.25) is 5.95 Å². The summed E-state index contributed by atoms with van der Waals surface area (Å²) in [5.74, 6) is 1.02. The predicted molar refractivity (Wildman–Crippen MR) is 111 cm³/mol. The first kappa shape index (κ1) is 19.4. The van der Waals surface area contributed by atoms with Gasteiger partial charge in [-0.05, 0) is 48.2 Å². The Kier molecular flexibility index (Phi) is 6.57. The Morgan fingerprint density at radius 3 is 2.61 bits per heavy atom. The van der Waals surface area contributed by atoms with Gasteiger partial charge < -0.3 is 15.4 Å². The zero-order chi connectivity index (χ0) is 19.8. The molecule has 0 spiro atoms. The van der Waals surface area contributed by atoms with Gasteiger partial charge in [-0.1, -0.05) is 37.3 Å². The highest BCUT2D eigenvalue weighted by Gasteiger charge is 2.11. The van der Waals surface area contributed by atoms with Crippen LogP contribution in [0.15, 0.2) is 60.8 Å². The van der Waals surface area contributed by atoms with E-state index in [-0.39, 0.29) is 5.91 Å². The minimum atomic E-state index is -0.249. The average molecular weight is 376 g/mol. The van der Waals surface area contributed by atoms with Crippen LogP contribution >= 0.6 is 0 Å². The summed E-state index contributed by atoms with van der Waals surface area (Å²) in [5, 5.41) is 6.10. The highest BCUT2D eigenvalue weighted by Crippen LogP contribution is 2.16. The topological polar surface area (TPSA) is 76.1 Å². The fourth-order valence-corrected chi connectivity index (χ4v) is 2.82. The second-order valence-electron chi connectivity index (χ2n) is 6.26. The lowest BCUT2D eigenvalue weighted by molar-refractivity contribution is 0.102. The number of anilines is 2. The highest BCUT2D eigenvalue weighted by atomic mass is 16.5. The largest absolute Gasteiger partial charge is 0.497 e. The Morgan fingerprint density at radius 2 is 1.86 bits per heavy atom. The van der Waals surface area contributed by atoms with Crippen molar-refractivity contribution < 1.29 is 9.53 Å². The molecular weight excluding hydrogens is 352 g/mol. The molecule has 0 saturated heterocycles. The zero-order valence-corrected chi connectivity index (χ0v) is 16.1. The first-order valence-corrected chi connectivity index (χ1v) is 9.28. The Morgan fingerprint density at radius 1 is 1.07 bits per heavy atom. The first-order chi connectivity index (χ1) is 13.7. The average Bonchev–Trinajstić information content (AvgIpc) is 2.75. The molecular formula is C22H24N4O2. The monoisotopic (exact) mass is 376 g/mol. The van der Waals surface area contributed by atoms with Gasteiger partial charge in [-0.15, -0.1) is 0 Å². The third kappa shape index (κ3) is 5.07. The van der Waals surface area contributed by atoms with Gasteiger partial charge in [0.05, 0.1) is 7.11 Å². The Bertz CT molecular complexity index is 926. The number of aromatic nitrogens is 2. The molecule has 0 radical (unpaired) electrons. The fourth-order valence-electron chi connectivity index (χ4n) is 2.82. The minimum Gasteiger partial charge on any atom is -0.497 e. The van der Waals surface area contributed by atoms with E-state index in [2.05, 4.69) is 27.5 Å². The van der Waals surface area contributed by atoms with Crippen LogP contribution in [0.25, 0.3) is 0 Å². The smallest absolute Gasteiger partial charge is 0.274 e. The molecule has 0 bridgehead atoms. The van der Waals surface area contributed by atoms with Crippen molar-refractivity contribution in [2.24, 2.45) is 0 Å². The van der Waals surface area contributed by atoms with Gasteiger partial charge in [-0.3, -0.25) is 4.79 Å². The molecule has 0 fully saturated rings. The van der Waals surface area contributed by atoms with Crippen molar-refractivity contribution in [3.63, 3.8) is 0 Å². The van der Waals surface area contributed by atoms with Gasteiger partial charge in [0.1, 0.15) is 11.4 Å². The Hall–Kier alpha value is -3.41. The normalized spacial score (nSPS) is 10.4. The van der Waals surface area contributed by atoms with Crippen LogP contribution in [0, 0.1) is 0 Å². The summed E-state index contributed by atoms with van der Waals surface area (Å²) >= 11 is 0. The van der Waals surface area contributed by atoms with E-state index in [9.17, 15) is 4.79 Å². The van der Waals surface area contributed by atoms with Crippen molar-refractivity contribution in [2.75, 3.05) is 24.3 Å². The van der Waals surface area contributed by atoms with Crippen molar-refractivity contribution in [1.82, 2.24) is 9.97 Å². The van der Waals surface area contributed by atoms with Gasteiger partial charge >= 0.3 is 0 Å². The summed E-state index contributed by atoms with van der Waals surface area (Å²) in [6, 6.07) is 17.3. The van der Waals surface area contributed by atoms with Crippen LogP contribution in [0.4, 0.5) is 11.6 Å². The third-order valence-corrected chi connectivity index (χ3v) is 4.39. The van der Waals surface area contributed by atoms with Gasteiger partial charge in [-0.25, -0.2) is 9.97 Å². The van der Waals surface area contributed by atoms with Crippen LogP contribution < -0.4 is 15.4 Å². The van der Waals surface area contributed by atoms with Crippen LogP contribution in [0.5, 0.6) is 5.75 Å². The number of benzene rings is 2.